The van der Waals surface area contributed by atoms with Crippen LogP contribution in [-0.4, -0.2) is 33.3 Å². The van der Waals surface area contributed by atoms with Crippen molar-refractivity contribution < 1.29 is 32.5 Å². The SMILES string of the molecule is O=C(O)c1ccc2nc(Cc3ccc(-c4ccc(F)c(OCc5ccc(Cl)cc5F)c4)c(F)c3)n(CC3CCCO3)c2c1. The summed E-state index contributed by atoms with van der Waals surface area (Å²) < 4.78 is 57.4. The fourth-order valence-electron chi connectivity index (χ4n) is 5.30. The number of carboxylic acid groups (broad SMARTS) is 1. The van der Waals surface area contributed by atoms with E-state index in [0.717, 1.165) is 18.9 Å². The molecule has 1 unspecified atom stereocenters. The molecule has 1 aromatic heterocycles. The van der Waals surface area contributed by atoms with Crippen molar-refractivity contribution in [2.24, 2.45) is 0 Å². The van der Waals surface area contributed by atoms with Gasteiger partial charge in [0.15, 0.2) is 11.6 Å². The van der Waals surface area contributed by atoms with E-state index in [0.29, 0.717) is 47.6 Å². The fourth-order valence-corrected chi connectivity index (χ4v) is 5.46. The van der Waals surface area contributed by atoms with E-state index in [1.807, 2.05) is 4.57 Å². The maximum atomic E-state index is 15.5. The second-order valence-corrected chi connectivity index (χ2v) is 10.9. The number of imidazole rings is 1. The molecule has 0 aliphatic carbocycles. The van der Waals surface area contributed by atoms with Gasteiger partial charge in [-0.25, -0.2) is 22.9 Å². The molecule has 6 nitrogen and oxygen atoms in total. The van der Waals surface area contributed by atoms with Gasteiger partial charge in [-0.05, 0) is 72.5 Å². The van der Waals surface area contributed by atoms with Gasteiger partial charge in [-0.3, -0.25) is 0 Å². The van der Waals surface area contributed by atoms with Crippen molar-refractivity contribution in [3.63, 3.8) is 0 Å². The lowest BCUT2D eigenvalue weighted by Crippen LogP contribution is -2.17. The summed E-state index contributed by atoms with van der Waals surface area (Å²) in [6, 6.07) is 17.7. The summed E-state index contributed by atoms with van der Waals surface area (Å²) in [6.45, 7) is 0.952. The average molecular weight is 607 g/mol. The number of halogens is 4. The Bertz CT molecular complexity index is 1840. The van der Waals surface area contributed by atoms with E-state index in [9.17, 15) is 18.7 Å². The average Bonchev–Trinajstić information content (AvgIpc) is 3.61. The van der Waals surface area contributed by atoms with Crippen molar-refractivity contribution in [3.05, 3.63) is 118 Å². The number of carboxylic acids is 1. The van der Waals surface area contributed by atoms with E-state index >= 15 is 4.39 Å². The third-order valence-corrected chi connectivity index (χ3v) is 7.76. The van der Waals surface area contributed by atoms with E-state index in [1.165, 1.54) is 42.5 Å². The lowest BCUT2D eigenvalue weighted by Gasteiger charge is -2.15. The summed E-state index contributed by atoms with van der Waals surface area (Å²) in [5, 5.41) is 9.74. The monoisotopic (exact) mass is 606 g/mol. The highest BCUT2D eigenvalue weighted by Gasteiger charge is 2.21. The molecule has 0 saturated carbocycles. The molecule has 5 aromatic rings. The minimum Gasteiger partial charge on any atom is -0.486 e. The van der Waals surface area contributed by atoms with Crippen molar-refractivity contribution in [2.45, 2.75) is 38.5 Å². The van der Waals surface area contributed by atoms with Crippen LogP contribution in [0.4, 0.5) is 13.2 Å². The van der Waals surface area contributed by atoms with Crippen LogP contribution in [0.25, 0.3) is 22.2 Å². The molecule has 1 fully saturated rings. The topological polar surface area (TPSA) is 73.6 Å². The molecule has 0 spiro atoms. The van der Waals surface area contributed by atoms with Crippen molar-refractivity contribution >= 4 is 28.6 Å². The minimum absolute atomic E-state index is 0.0187. The number of hydrogen-bond donors (Lipinski definition) is 1. The van der Waals surface area contributed by atoms with Gasteiger partial charge in [0.1, 0.15) is 24.1 Å². The molecular formula is C33H26ClF3N2O4. The van der Waals surface area contributed by atoms with Crippen LogP contribution in [0, 0.1) is 17.5 Å². The second kappa shape index (κ2) is 12.1. The van der Waals surface area contributed by atoms with E-state index in [-0.39, 0.29) is 40.2 Å². The van der Waals surface area contributed by atoms with Crippen molar-refractivity contribution in [2.75, 3.05) is 6.61 Å². The van der Waals surface area contributed by atoms with Crippen molar-refractivity contribution in [3.8, 4) is 16.9 Å². The Morgan fingerprint density at radius 1 is 1.00 bits per heavy atom. The van der Waals surface area contributed by atoms with Gasteiger partial charge in [0.2, 0.25) is 0 Å². The molecule has 0 radical (unpaired) electrons. The highest BCUT2D eigenvalue weighted by molar-refractivity contribution is 6.30. The Kier molecular flexibility index (Phi) is 8.10. The number of carbonyl (C=O) groups is 1. The third kappa shape index (κ3) is 6.23. The fraction of sp³-hybridized carbons (Fsp3) is 0.212. The number of hydrogen-bond acceptors (Lipinski definition) is 4. The van der Waals surface area contributed by atoms with Crippen molar-refractivity contribution in [1.82, 2.24) is 9.55 Å². The van der Waals surface area contributed by atoms with Crippen LogP contribution in [0.1, 0.15) is 40.2 Å². The zero-order valence-corrected chi connectivity index (χ0v) is 23.6. The number of aromatic carboxylic acids is 1. The Hall–Kier alpha value is -4.34. The molecule has 1 saturated heterocycles. The largest absolute Gasteiger partial charge is 0.486 e. The van der Waals surface area contributed by atoms with Crippen LogP contribution in [0.15, 0.2) is 72.8 Å². The molecule has 10 heteroatoms. The molecule has 220 valence electrons. The smallest absolute Gasteiger partial charge is 0.335 e. The summed E-state index contributed by atoms with van der Waals surface area (Å²) in [4.78, 5) is 16.3. The van der Waals surface area contributed by atoms with Gasteiger partial charge in [-0.15, -0.1) is 0 Å². The van der Waals surface area contributed by atoms with Crippen LogP contribution < -0.4 is 4.74 Å². The van der Waals surface area contributed by atoms with Crippen LogP contribution in [0.3, 0.4) is 0 Å². The zero-order valence-electron chi connectivity index (χ0n) is 22.8. The van der Waals surface area contributed by atoms with E-state index in [2.05, 4.69) is 0 Å². The quantitative estimate of drug-likeness (QED) is 0.185. The molecule has 1 aliphatic heterocycles. The van der Waals surface area contributed by atoms with E-state index in [1.54, 1.807) is 24.3 Å². The number of aromatic nitrogens is 2. The van der Waals surface area contributed by atoms with Crippen molar-refractivity contribution in [1.29, 1.82) is 0 Å². The lowest BCUT2D eigenvalue weighted by molar-refractivity contribution is 0.0697. The number of nitrogens with zero attached hydrogens (tertiary/aromatic N) is 2. The van der Waals surface area contributed by atoms with Crippen LogP contribution >= 0.6 is 11.6 Å². The van der Waals surface area contributed by atoms with Gasteiger partial charge in [0.25, 0.3) is 0 Å². The van der Waals surface area contributed by atoms with Crippen LogP contribution in [0.5, 0.6) is 5.75 Å². The van der Waals surface area contributed by atoms with Crippen LogP contribution in [-0.2, 0) is 24.3 Å². The van der Waals surface area contributed by atoms with Gasteiger partial charge in [-0.1, -0.05) is 35.9 Å². The summed E-state index contributed by atoms with van der Waals surface area (Å²) >= 11 is 5.79. The summed E-state index contributed by atoms with van der Waals surface area (Å²) in [5.74, 6) is -2.26. The van der Waals surface area contributed by atoms with E-state index < -0.39 is 23.4 Å². The molecule has 4 aromatic carbocycles. The maximum absolute atomic E-state index is 15.5. The van der Waals surface area contributed by atoms with Gasteiger partial charge in [-0.2, -0.15) is 0 Å². The molecule has 1 atom stereocenters. The second-order valence-electron chi connectivity index (χ2n) is 10.4. The maximum Gasteiger partial charge on any atom is 0.335 e. The molecule has 2 heterocycles. The Balaban J connectivity index is 1.26. The molecule has 1 N–H and O–H groups in total. The molecule has 0 bridgehead atoms. The van der Waals surface area contributed by atoms with Gasteiger partial charge >= 0.3 is 5.97 Å². The Morgan fingerprint density at radius 3 is 2.60 bits per heavy atom. The Labute approximate surface area is 250 Å². The highest BCUT2D eigenvalue weighted by atomic mass is 35.5. The van der Waals surface area contributed by atoms with Gasteiger partial charge in [0.05, 0.1) is 29.2 Å². The molecular weight excluding hydrogens is 581 g/mol. The standard InChI is InChI=1S/C33H26ClF3N2O4/c34-23-7-4-22(27(36)16-23)18-43-31-15-20(5-9-26(31)35)25-8-3-19(12-28(25)37)13-32-38-29-10-6-21(33(40)41)14-30(29)39(32)17-24-2-1-11-42-24/h3-10,12,14-16,24H,1-2,11,13,17-18H2,(H,40,41). The van der Waals surface area contributed by atoms with Gasteiger partial charge in [0, 0.05) is 29.2 Å². The summed E-state index contributed by atoms with van der Waals surface area (Å²) in [7, 11) is 0. The zero-order chi connectivity index (χ0) is 30.1. The highest BCUT2D eigenvalue weighted by Crippen LogP contribution is 2.31. The predicted molar refractivity (Wildman–Crippen MR) is 156 cm³/mol. The first-order chi connectivity index (χ1) is 20.7. The van der Waals surface area contributed by atoms with E-state index in [4.69, 9.17) is 26.1 Å². The molecule has 6 rings (SSSR count). The third-order valence-electron chi connectivity index (χ3n) is 7.52. The molecule has 43 heavy (non-hydrogen) atoms. The summed E-state index contributed by atoms with van der Waals surface area (Å²) in [6.07, 6.45) is 2.12. The number of fused-ring (bicyclic) bond motifs is 1. The van der Waals surface area contributed by atoms with Crippen LogP contribution in [0.2, 0.25) is 5.02 Å². The lowest BCUT2D eigenvalue weighted by atomic mass is 10.0. The first-order valence-electron chi connectivity index (χ1n) is 13.7. The number of ether oxygens (including phenoxy) is 2. The number of benzene rings is 4. The minimum atomic E-state index is -1.03. The first-order valence-corrected chi connectivity index (χ1v) is 14.1. The molecule has 0 amide bonds. The predicted octanol–water partition coefficient (Wildman–Crippen LogP) is 7.82. The first kappa shape index (κ1) is 28.8. The molecule has 1 aliphatic rings. The summed E-state index contributed by atoms with van der Waals surface area (Å²) in [5.41, 5.74) is 2.97. The Morgan fingerprint density at radius 2 is 1.86 bits per heavy atom. The number of rotatable bonds is 9. The normalized spacial score (nSPS) is 14.8. The van der Waals surface area contributed by atoms with Gasteiger partial charge < -0.3 is 19.1 Å².